The fraction of sp³-hybridized carbons (Fsp3) is 0.400. The zero-order valence-corrected chi connectivity index (χ0v) is 12.5. The predicted molar refractivity (Wildman–Crippen MR) is 83.2 cm³/mol. The molecule has 0 atom stereocenters. The van der Waals surface area contributed by atoms with Gasteiger partial charge in [-0.05, 0) is 42.8 Å². The fourth-order valence-corrected chi connectivity index (χ4v) is 2.45. The first-order valence-corrected chi connectivity index (χ1v) is 7.43. The second-order valence-corrected chi connectivity index (χ2v) is 5.13. The molecule has 0 bridgehead atoms. The molecule has 0 amide bonds. The average Bonchev–Trinajstić information content (AvgIpc) is 2.99. The van der Waals surface area contributed by atoms with E-state index in [-0.39, 0.29) is 13.4 Å². The molecule has 0 radical (unpaired) electrons. The summed E-state index contributed by atoms with van der Waals surface area (Å²) in [5.74, 6) is 2.27. The summed E-state index contributed by atoms with van der Waals surface area (Å²) in [6.45, 7) is 1.12. The Morgan fingerprint density at radius 1 is 1.26 bits per heavy atom. The third-order valence-electron chi connectivity index (χ3n) is 3.57. The highest BCUT2D eigenvalue weighted by Crippen LogP contribution is 2.37. The summed E-state index contributed by atoms with van der Waals surface area (Å²) < 4.78 is 10.8. The van der Waals surface area contributed by atoms with E-state index in [1.54, 1.807) is 6.20 Å². The summed E-state index contributed by atoms with van der Waals surface area (Å²) in [6, 6.07) is 5.80. The highest BCUT2D eigenvalue weighted by molar-refractivity contribution is 5.94. The molecule has 3 rings (SSSR count). The third kappa shape index (κ3) is 3.71. The van der Waals surface area contributed by atoms with Crippen molar-refractivity contribution in [2.45, 2.75) is 19.3 Å². The smallest absolute Gasteiger partial charge is 0.294 e. The lowest BCUT2D eigenvalue weighted by molar-refractivity contribution is -0.757. The van der Waals surface area contributed by atoms with Crippen LogP contribution in [0.4, 0.5) is 5.82 Å². The van der Waals surface area contributed by atoms with Crippen molar-refractivity contribution in [2.75, 3.05) is 25.3 Å². The molecular formula is C15H17N3O5. The number of aromatic nitrogens is 1. The van der Waals surface area contributed by atoms with Crippen molar-refractivity contribution < 1.29 is 19.4 Å². The van der Waals surface area contributed by atoms with Crippen LogP contribution in [0.5, 0.6) is 11.5 Å². The Labute approximate surface area is 132 Å². The van der Waals surface area contributed by atoms with Crippen LogP contribution in [-0.2, 0) is 4.84 Å². The summed E-state index contributed by atoms with van der Waals surface area (Å²) in [7, 11) is 0. The van der Waals surface area contributed by atoms with Gasteiger partial charge in [-0.15, -0.1) is 10.1 Å². The number of rotatable bonds is 8. The highest BCUT2D eigenvalue weighted by Gasteiger charge is 2.15. The Morgan fingerprint density at radius 2 is 2.09 bits per heavy atom. The minimum atomic E-state index is -0.761. The van der Waals surface area contributed by atoms with E-state index in [0.717, 1.165) is 47.5 Å². The highest BCUT2D eigenvalue weighted by atomic mass is 16.9. The van der Waals surface area contributed by atoms with E-state index in [4.69, 9.17) is 9.47 Å². The van der Waals surface area contributed by atoms with Gasteiger partial charge in [-0.2, -0.15) is 0 Å². The van der Waals surface area contributed by atoms with Crippen LogP contribution in [0.3, 0.4) is 0 Å². The molecule has 2 heterocycles. The number of anilines is 1. The molecule has 0 saturated heterocycles. The van der Waals surface area contributed by atoms with Crippen molar-refractivity contribution in [3.63, 3.8) is 0 Å². The lowest BCUT2D eigenvalue weighted by Gasteiger charge is -2.09. The van der Waals surface area contributed by atoms with E-state index in [9.17, 15) is 10.1 Å². The van der Waals surface area contributed by atoms with E-state index in [1.807, 2.05) is 18.2 Å². The summed E-state index contributed by atoms with van der Waals surface area (Å²) in [4.78, 5) is 18.7. The molecule has 8 heteroatoms. The van der Waals surface area contributed by atoms with Gasteiger partial charge in [0.2, 0.25) is 6.79 Å². The summed E-state index contributed by atoms with van der Waals surface area (Å²) >= 11 is 0. The molecule has 1 aliphatic heterocycles. The molecule has 0 saturated carbocycles. The van der Waals surface area contributed by atoms with Gasteiger partial charge in [-0.25, -0.2) is 4.98 Å². The fourth-order valence-electron chi connectivity index (χ4n) is 2.45. The number of benzene rings is 1. The van der Waals surface area contributed by atoms with Gasteiger partial charge in [-0.1, -0.05) is 0 Å². The Morgan fingerprint density at radius 3 is 2.91 bits per heavy atom. The maximum atomic E-state index is 10.0. The topological polar surface area (TPSA) is 95.8 Å². The maximum absolute atomic E-state index is 10.0. The molecule has 1 aliphatic rings. The standard InChI is InChI=1S/C15H17N3O5/c19-18(20)23-7-3-1-2-5-16-15-12-9-14-13(21-10-22-14)8-11(12)4-6-17-15/h4,6,8-9H,1-3,5,7,10H2,(H,16,17). The van der Waals surface area contributed by atoms with Gasteiger partial charge in [0.15, 0.2) is 11.5 Å². The van der Waals surface area contributed by atoms with Crippen LogP contribution >= 0.6 is 0 Å². The van der Waals surface area contributed by atoms with Crippen LogP contribution in [0, 0.1) is 10.1 Å². The molecule has 1 aromatic carbocycles. The second kappa shape index (κ2) is 6.99. The van der Waals surface area contributed by atoms with Crippen LogP contribution in [0.1, 0.15) is 19.3 Å². The minimum absolute atomic E-state index is 0.142. The quantitative estimate of drug-likeness (QED) is 0.454. The normalized spacial score (nSPS) is 12.3. The lowest BCUT2D eigenvalue weighted by atomic mass is 10.1. The first-order valence-electron chi connectivity index (χ1n) is 7.43. The SMILES string of the molecule is O=[N+]([O-])OCCCCCNc1nccc2cc3c(cc12)OCO3. The Kier molecular flexibility index (Phi) is 4.60. The molecule has 1 aromatic heterocycles. The van der Waals surface area contributed by atoms with Gasteiger partial charge in [-0.3, -0.25) is 0 Å². The van der Waals surface area contributed by atoms with Crippen molar-refractivity contribution in [1.82, 2.24) is 4.98 Å². The zero-order chi connectivity index (χ0) is 16.1. The first kappa shape index (κ1) is 15.1. The first-order chi connectivity index (χ1) is 11.2. The molecule has 0 spiro atoms. The van der Waals surface area contributed by atoms with Crippen LogP contribution in [0.15, 0.2) is 24.4 Å². The van der Waals surface area contributed by atoms with Gasteiger partial charge in [0.1, 0.15) is 5.82 Å². The molecule has 122 valence electrons. The Bertz CT molecular complexity index is 707. The molecule has 23 heavy (non-hydrogen) atoms. The van der Waals surface area contributed by atoms with Crippen molar-refractivity contribution >= 4 is 16.6 Å². The van der Waals surface area contributed by atoms with Gasteiger partial charge < -0.3 is 19.6 Å². The number of ether oxygens (including phenoxy) is 2. The molecule has 1 N–H and O–H groups in total. The number of unbranched alkanes of at least 4 members (excludes halogenated alkanes) is 2. The van der Waals surface area contributed by atoms with Crippen LogP contribution < -0.4 is 14.8 Å². The zero-order valence-electron chi connectivity index (χ0n) is 12.5. The molecular weight excluding hydrogens is 302 g/mol. The van der Waals surface area contributed by atoms with E-state index in [0.29, 0.717) is 6.42 Å². The van der Waals surface area contributed by atoms with Gasteiger partial charge in [0.25, 0.3) is 5.09 Å². The molecule has 0 fully saturated rings. The number of nitrogens with one attached hydrogen (secondary N) is 1. The largest absolute Gasteiger partial charge is 0.454 e. The van der Waals surface area contributed by atoms with Crippen molar-refractivity contribution in [2.24, 2.45) is 0 Å². The average molecular weight is 319 g/mol. The van der Waals surface area contributed by atoms with E-state index in [2.05, 4.69) is 15.1 Å². The monoisotopic (exact) mass is 319 g/mol. The van der Waals surface area contributed by atoms with Crippen molar-refractivity contribution in [3.8, 4) is 11.5 Å². The van der Waals surface area contributed by atoms with Crippen molar-refractivity contribution in [1.29, 1.82) is 0 Å². The number of nitrogens with zero attached hydrogens (tertiary/aromatic N) is 2. The van der Waals surface area contributed by atoms with Crippen LogP contribution in [0.2, 0.25) is 0 Å². The van der Waals surface area contributed by atoms with E-state index < -0.39 is 5.09 Å². The van der Waals surface area contributed by atoms with Crippen LogP contribution in [-0.4, -0.2) is 30.0 Å². The third-order valence-corrected chi connectivity index (χ3v) is 3.57. The van der Waals surface area contributed by atoms with E-state index in [1.165, 1.54) is 0 Å². The number of pyridine rings is 1. The van der Waals surface area contributed by atoms with E-state index >= 15 is 0 Å². The summed E-state index contributed by atoms with van der Waals surface area (Å²) in [5.41, 5.74) is 0. The molecule has 2 aromatic rings. The van der Waals surface area contributed by atoms with Gasteiger partial charge in [0, 0.05) is 18.1 Å². The minimum Gasteiger partial charge on any atom is -0.454 e. The van der Waals surface area contributed by atoms with Crippen LogP contribution in [0.25, 0.3) is 10.8 Å². The van der Waals surface area contributed by atoms with Gasteiger partial charge >= 0.3 is 0 Å². The lowest BCUT2D eigenvalue weighted by Crippen LogP contribution is -2.05. The molecule has 8 nitrogen and oxygen atoms in total. The number of hydrogen-bond donors (Lipinski definition) is 1. The predicted octanol–water partition coefficient (Wildman–Crippen LogP) is 2.75. The maximum Gasteiger partial charge on any atom is 0.294 e. The summed E-state index contributed by atoms with van der Waals surface area (Å²) in [5, 5.41) is 14.6. The van der Waals surface area contributed by atoms with Gasteiger partial charge in [0.05, 0.1) is 6.61 Å². The second-order valence-electron chi connectivity index (χ2n) is 5.13. The number of hydrogen-bond acceptors (Lipinski definition) is 7. The molecule has 0 unspecified atom stereocenters. The molecule has 0 aliphatic carbocycles. The Hall–Kier alpha value is -2.77. The van der Waals surface area contributed by atoms with Crippen molar-refractivity contribution in [3.05, 3.63) is 34.5 Å². The summed E-state index contributed by atoms with van der Waals surface area (Å²) in [6.07, 6.45) is 4.13. The number of fused-ring (bicyclic) bond motifs is 2. The Balaban J connectivity index is 1.55.